The molecular formula is C15H26ClNO2. The minimum absolute atomic E-state index is 0. The van der Waals surface area contributed by atoms with E-state index in [1.165, 1.54) is 19.3 Å². The fraction of sp³-hybridized carbons (Fsp3) is 0.933. The third-order valence-electron chi connectivity index (χ3n) is 5.23. The lowest BCUT2D eigenvalue weighted by atomic mass is 9.81. The van der Waals surface area contributed by atoms with Gasteiger partial charge in [-0.15, -0.1) is 12.4 Å². The Balaban J connectivity index is 0.00000133. The second kappa shape index (κ2) is 6.11. The molecule has 0 spiro atoms. The van der Waals surface area contributed by atoms with E-state index in [2.05, 4.69) is 11.8 Å². The van der Waals surface area contributed by atoms with E-state index in [1.807, 2.05) is 0 Å². The fourth-order valence-corrected chi connectivity index (χ4v) is 4.32. The summed E-state index contributed by atoms with van der Waals surface area (Å²) in [6.07, 6.45) is 6.17. The minimum atomic E-state index is -0.0724. The highest BCUT2D eigenvalue weighted by Crippen LogP contribution is 2.49. The number of nitrogens with zero attached hydrogens (tertiary/aromatic N) is 1. The van der Waals surface area contributed by atoms with Crippen LogP contribution in [-0.4, -0.2) is 43.5 Å². The molecule has 1 heterocycles. The van der Waals surface area contributed by atoms with Gasteiger partial charge in [-0.3, -0.25) is 9.69 Å². The van der Waals surface area contributed by atoms with Crippen LogP contribution < -0.4 is 0 Å². The van der Waals surface area contributed by atoms with E-state index in [4.69, 9.17) is 4.74 Å². The van der Waals surface area contributed by atoms with Crippen LogP contribution in [0.5, 0.6) is 0 Å². The number of Topliss-reactive ketones (excluding diaryl/α,β-unsaturated/α-hetero) is 1. The molecule has 0 aromatic rings. The molecule has 3 nitrogen and oxygen atoms in total. The van der Waals surface area contributed by atoms with E-state index in [9.17, 15) is 4.79 Å². The van der Waals surface area contributed by atoms with E-state index >= 15 is 0 Å². The van der Waals surface area contributed by atoms with Gasteiger partial charge < -0.3 is 4.74 Å². The first-order chi connectivity index (χ1) is 8.69. The molecule has 0 N–H and O–H groups in total. The fourth-order valence-electron chi connectivity index (χ4n) is 4.32. The van der Waals surface area contributed by atoms with Gasteiger partial charge in [0.05, 0.1) is 13.2 Å². The van der Waals surface area contributed by atoms with Crippen LogP contribution in [0.3, 0.4) is 0 Å². The van der Waals surface area contributed by atoms with Crippen LogP contribution in [0.2, 0.25) is 0 Å². The average Bonchev–Trinajstić information content (AvgIpc) is 2.63. The maximum absolute atomic E-state index is 12.7. The average molecular weight is 288 g/mol. The molecule has 0 radical (unpaired) electrons. The number of carbonyl (C=O) groups excluding carboxylic acids is 1. The lowest BCUT2D eigenvalue weighted by Gasteiger charge is -2.34. The number of hydrogen-bond acceptors (Lipinski definition) is 3. The van der Waals surface area contributed by atoms with Gasteiger partial charge in [0.25, 0.3) is 0 Å². The van der Waals surface area contributed by atoms with Crippen molar-refractivity contribution >= 4 is 18.2 Å². The SMILES string of the molecule is CC1(CN2CCOCC2)CC2CCCCC2C1=O.Cl. The number of ether oxygens (including phenoxy) is 1. The molecule has 0 bridgehead atoms. The van der Waals surface area contributed by atoms with E-state index in [1.54, 1.807) is 0 Å². The van der Waals surface area contributed by atoms with Gasteiger partial charge in [0.1, 0.15) is 5.78 Å². The Morgan fingerprint density at radius 3 is 2.63 bits per heavy atom. The molecule has 1 saturated heterocycles. The maximum atomic E-state index is 12.7. The summed E-state index contributed by atoms with van der Waals surface area (Å²) in [4.78, 5) is 15.1. The molecule has 0 aromatic heterocycles. The largest absolute Gasteiger partial charge is 0.379 e. The van der Waals surface area contributed by atoms with Crippen LogP contribution in [0.1, 0.15) is 39.0 Å². The molecule has 3 atom stereocenters. The van der Waals surface area contributed by atoms with Crippen molar-refractivity contribution in [2.45, 2.75) is 39.0 Å². The van der Waals surface area contributed by atoms with Gasteiger partial charge in [-0.25, -0.2) is 0 Å². The topological polar surface area (TPSA) is 29.5 Å². The van der Waals surface area contributed by atoms with Crippen LogP contribution in [0.4, 0.5) is 0 Å². The summed E-state index contributed by atoms with van der Waals surface area (Å²) in [5, 5.41) is 0. The normalized spacial score (nSPS) is 39.7. The zero-order chi connectivity index (χ0) is 12.6. The van der Waals surface area contributed by atoms with Crippen molar-refractivity contribution in [1.82, 2.24) is 4.90 Å². The van der Waals surface area contributed by atoms with Crippen LogP contribution in [-0.2, 0) is 9.53 Å². The smallest absolute Gasteiger partial charge is 0.143 e. The number of fused-ring (bicyclic) bond motifs is 1. The maximum Gasteiger partial charge on any atom is 0.143 e. The molecule has 3 rings (SSSR count). The monoisotopic (exact) mass is 287 g/mol. The third kappa shape index (κ3) is 2.98. The van der Waals surface area contributed by atoms with E-state index in [0.717, 1.165) is 45.7 Å². The molecule has 4 heteroatoms. The highest BCUT2D eigenvalue weighted by Gasteiger charge is 2.50. The Morgan fingerprint density at radius 2 is 1.95 bits per heavy atom. The van der Waals surface area contributed by atoms with Crippen LogP contribution in [0.15, 0.2) is 0 Å². The summed E-state index contributed by atoms with van der Waals surface area (Å²) < 4.78 is 5.39. The standard InChI is InChI=1S/C15H25NO2.ClH/c1-15(11-16-6-8-18-9-7-16)10-12-4-2-3-5-13(12)14(15)17;/h12-13H,2-11H2,1H3;1H. The minimum Gasteiger partial charge on any atom is -0.379 e. The first-order valence-electron chi connectivity index (χ1n) is 7.53. The number of ketones is 1. The molecule has 3 fully saturated rings. The summed E-state index contributed by atoms with van der Waals surface area (Å²) in [5.74, 6) is 1.65. The van der Waals surface area contributed by atoms with Crippen molar-refractivity contribution in [1.29, 1.82) is 0 Å². The summed E-state index contributed by atoms with van der Waals surface area (Å²) in [5.41, 5.74) is -0.0724. The van der Waals surface area contributed by atoms with E-state index in [0.29, 0.717) is 17.6 Å². The summed E-state index contributed by atoms with van der Waals surface area (Å²) >= 11 is 0. The molecule has 2 aliphatic carbocycles. The Bertz CT molecular complexity index is 330. The highest BCUT2D eigenvalue weighted by atomic mass is 35.5. The van der Waals surface area contributed by atoms with Crippen molar-refractivity contribution in [2.75, 3.05) is 32.8 Å². The van der Waals surface area contributed by atoms with Gasteiger partial charge >= 0.3 is 0 Å². The van der Waals surface area contributed by atoms with E-state index < -0.39 is 0 Å². The van der Waals surface area contributed by atoms with Gasteiger partial charge in [-0.1, -0.05) is 19.8 Å². The lowest BCUT2D eigenvalue weighted by molar-refractivity contribution is -0.130. The number of morpholine rings is 1. The zero-order valence-electron chi connectivity index (χ0n) is 11.9. The van der Waals surface area contributed by atoms with Crippen LogP contribution in [0, 0.1) is 17.3 Å². The van der Waals surface area contributed by atoms with E-state index in [-0.39, 0.29) is 17.8 Å². The van der Waals surface area contributed by atoms with Crippen molar-refractivity contribution in [3.05, 3.63) is 0 Å². The highest BCUT2D eigenvalue weighted by molar-refractivity contribution is 5.89. The van der Waals surface area contributed by atoms with Crippen LogP contribution >= 0.6 is 12.4 Å². The third-order valence-corrected chi connectivity index (χ3v) is 5.23. The van der Waals surface area contributed by atoms with Gasteiger partial charge in [0.15, 0.2) is 0 Å². The molecule has 2 saturated carbocycles. The molecule has 1 aliphatic heterocycles. The molecule has 0 amide bonds. The molecule has 3 unspecified atom stereocenters. The molecule has 0 aromatic carbocycles. The second-order valence-electron chi connectivity index (χ2n) is 6.67. The van der Waals surface area contributed by atoms with Crippen molar-refractivity contribution in [3.63, 3.8) is 0 Å². The molecule has 3 aliphatic rings. The summed E-state index contributed by atoms with van der Waals surface area (Å²) in [6.45, 7) is 6.83. The Kier molecular flexibility index (Phi) is 4.91. The summed E-state index contributed by atoms with van der Waals surface area (Å²) in [7, 11) is 0. The molecule has 19 heavy (non-hydrogen) atoms. The molecular weight excluding hydrogens is 262 g/mol. The van der Waals surface area contributed by atoms with Crippen LogP contribution in [0.25, 0.3) is 0 Å². The van der Waals surface area contributed by atoms with Gasteiger partial charge in [0.2, 0.25) is 0 Å². The number of halogens is 1. The predicted octanol–water partition coefficient (Wildman–Crippen LogP) is 2.53. The van der Waals surface area contributed by atoms with Crippen molar-refractivity contribution in [2.24, 2.45) is 17.3 Å². The second-order valence-corrected chi connectivity index (χ2v) is 6.67. The number of carbonyl (C=O) groups is 1. The first kappa shape index (κ1) is 15.3. The zero-order valence-corrected chi connectivity index (χ0v) is 12.7. The van der Waals surface area contributed by atoms with Crippen molar-refractivity contribution in [3.8, 4) is 0 Å². The number of hydrogen-bond donors (Lipinski definition) is 0. The Labute approximate surface area is 122 Å². The Morgan fingerprint density at radius 1 is 1.26 bits per heavy atom. The first-order valence-corrected chi connectivity index (χ1v) is 7.53. The number of rotatable bonds is 2. The lowest BCUT2D eigenvalue weighted by Crippen LogP contribution is -2.44. The Hall–Kier alpha value is -0.120. The van der Waals surface area contributed by atoms with Crippen molar-refractivity contribution < 1.29 is 9.53 Å². The molecule has 110 valence electrons. The summed E-state index contributed by atoms with van der Waals surface area (Å²) in [6, 6.07) is 0. The predicted molar refractivity (Wildman–Crippen MR) is 77.7 cm³/mol. The quantitative estimate of drug-likeness (QED) is 0.782. The van der Waals surface area contributed by atoms with Gasteiger partial charge in [0, 0.05) is 31.0 Å². The van der Waals surface area contributed by atoms with Gasteiger partial charge in [-0.2, -0.15) is 0 Å². The van der Waals surface area contributed by atoms with Gasteiger partial charge in [-0.05, 0) is 25.2 Å².